The summed E-state index contributed by atoms with van der Waals surface area (Å²) in [6.07, 6.45) is 2.15. The number of carbonyl (C=O) groups is 2. The number of nitrogens with zero attached hydrogens (tertiary/aromatic N) is 3. The molecule has 192 valence electrons. The first kappa shape index (κ1) is 24.1. The zero-order valence-corrected chi connectivity index (χ0v) is 21.0. The van der Waals surface area contributed by atoms with E-state index in [2.05, 4.69) is 46.0 Å². The summed E-state index contributed by atoms with van der Waals surface area (Å²) in [4.78, 5) is 24.9. The van der Waals surface area contributed by atoms with E-state index < -0.39 is 5.97 Å². The van der Waals surface area contributed by atoms with Crippen molar-refractivity contribution in [3.05, 3.63) is 125 Å². The Bertz CT molecular complexity index is 1820. The van der Waals surface area contributed by atoms with E-state index in [1.807, 2.05) is 41.7 Å². The van der Waals surface area contributed by atoms with Gasteiger partial charge in [0.2, 0.25) is 0 Å². The van der Waals surface area contributed by atoms with E-state index in [0.29, 0.717) is 23.4 Å². The highest BCUT2D eigenvalue weighted by Crippen LogP contribution is 2.26. The maximum absolute atomic E-state index is 13.7. The molecular weight excluding hydrogens is 492 g/mol. The molecule has 3 aromatic carbocycles. The fraction of sp³-hybridized carbons (Fsp3) is 0.0968. The molecule has 0 aliphatic carbocycles. The van der Waals surface area contributed by atoms with E-state index in [4.69, 9.17) is 4.63 Å². The van der Waals surface area contributed by atoms with Crippen LogP contribution in [0.15, 0.2) is 102 Å². The van der Waals surface area contributed by atoms with E-state index in [9.17, 15) is 14.7 Å². The van der Waals surface area contributed by atoms with Crippen LogP contribution in [0, 0.1) is 0 Å². The van der Waals surface area contributed by atoms with Gasteiger partial charge >= 0.3 is 5.97 Å². The summed E-state index contributed by atoms with van der Waals surface area (Å²) in [7, 11) is 0. The number of rotatable bonds is 7. The second-order valence-electron chi connectivity index (χ2n) is 9.49. The van der Waals surface area contributed by atoms with E-state index in [0.717, 1.165) is 27.7 Å². The SMILES string of the molecule is C[C@H](NC(=O)c1cc(-c2cnon2)cc2ccc(Cc3ccc4ccccc4c3)n12)c1ccc(C(=O)O)cc1. The molecule has 1 atom stereocenters. The molecule has 6 rings (SSSR count). The zero-order valence-electron chi connectivity index (χ0n) is 21.0. The van der Waals surface area contributed by atoms with Crippen molar-refractivity contribution in [1.82, 2.24) is 20.0 Å². The number of benzene rings is 3. The average Bonchev–Trinajstić information content (AvgIpc) is 3.63. The standard InChI is InChI=1S/C31H24N4O4/c1-19(21-8-10-23(11-9-21)31(37)38)33-30(36)29-17-25(28-18-32-39-34-28)16-27-13-12-26(35(27)29)15-20-6-7-22-4-2-3-5-24(22)14-20/h2-14,16-19H,15H2,1H3,(H,33,36)(H,37,38)/t19-/m0/s1. The number of aromatic nitrogens is 3. The quantitative estimate of drug-likeness (QED) is 0.272. The number of amides is 1. The molecule has 0 aliphatic rings. The first-order valence-electron chi connectivity index (χ1n) is 12.5. The number of carboxylic acid groups (broad SMARTS) is 1. The van der Waals surface area contributed by atoms with E-state index >= 15 is 0 Å². The van der Waals surface area contributed by atoms with Crippen molar-refractivity contribution in [2.45, 2.75) is 19.4 Å². The lowest BCUT2D eigenvalue weighted by Crippen LogP contribution is -2.28. The lowest BCUT2D eigenvalue weighted by atomic mass is 10.0. The molecule has 1 amide bonds. The van der Waals surface area contributed by atoms with Crippen LogP contribution >= 0.6 is 0 Å². The maximum Gasteiger partial charge on any atom is 0.335 e. The number of hydrogen-bond acceptors (Lipinski definition) is 5. The van der Waals surface area contributed by atoms with Gasteiger partial charge in [-0.2, -0.15) is 0 Å². The molecule has 0 fully saturated rings. The molecule has 0 aliphatic heterocycles. The van der Waals surface area contributed by atoms with Gasteiger partial charge in [0.15, 0.2) is 0 Å². The van der Waals surface area contributed by atoms with Gasteiger partial charge in [-0.25, -0.2) is 9.42 Å². The van der Waals surface area contributed by atoms with E-state index in [1.54, 1.807) is 18.2 Å². The van der Waals surface area contributed by atoms with Crippen LogP contribution < -0.4 is 5.32 Å². The monoisotopic (exact) mass is 516 g/mol. The summed E-state index contributed by atoms with van der Waals surface area (Å²) in [5.74, 6) is -1.27. The molecule has 2 N–H and O–H groups in total. The van der Waals surface area contributed by atoms with Crippen LogP contribution in [0.2, 0.25) is 0 Å². The Morgan fingerprint density at radius 3 is 2.49 bits per heavy atom. The second kappa shape index (κ2) is 9.90. The van der Waals surface area contributed by atoms with Crippen LogP contribution in [-0.2, 0) is 6.42 Å². The minimum atomic E-state index is -0.994. The summed E-state index contributed by atoms with van der Waals surface area (Å²) in [6, 6.07) is 28.5. The Balaban J connectivity index is 1.38. The molecule has 8 heteroatoms. The molecule has 0 bridgehead atoms. The molecule has 39 heavy (non-hydrogen) atoms. The first-order chi connectivity index (χ1) is 19.0. The fourth-order valence-electron chi connectivity index (χ4n) is 4.89. The predicted molar refractivity (Wildman–Crippen MR) is 147 cm³/mol. The number of carbonyl (C=O) groups excluding carboxylic acids is 1. The Kier molecular flexibility index (Phi) is 6.13. The highest BCUT2D eigenvalue weighted by atomic mass is 16.6. The molecule has 0 saturated heterocycles. The molecule has 0 saturated carbocycles. The lowest BCUT2D eigenvalue weighted by molar-refractivity contribution is 0.0696. The summed E-state index contributed by atoms with van der Waals surface area (Å²) >= 11 is 0. The molecule has 3 aromatic heterocycles. The van der Waals surface area contributed by atoms with Crippen molar-refractivity contribution >= 4 is 28.2 Å². The van der Waals surface area contributed by atoms with Gasteiger partial charge in [0.1, 0.15) is 11.4 Å². The molecule has 3 heterocycles. The Hall–Kier alpha value is -5.24. The third-order valence-electron chi connectivity index (χ3n) is 6.92. The third-order valence-corrected chi connectivity index (χ3v) is 6.92. The molecule has 0 radical (unpaired) electrons. The van der Waals surface area contributed by atoms with Crippen molar-refractivity contribution in [1.29, 1.82) is 0 Å². The molecular formula is C31H24N4O4. The molecule has 6 aromatic rings. The molecule has 8 nitrogen and oxygen atoms in total. The predicted octanol–water partition coefficient (Wildman–Crippen LogP) is 5.92. The number of pyridine rings is 1. The van der Waals surface area contributed by atoms with Crippen LogP contribution in [0.3, 0.4) is 0 Å². The van der Waals surface area contributed by atoms with Crippen LogP contribution in [0.1, 0.15) is 50.6 Å². The van der Waals surface area contributed by atoms with E-state index in [-0.39, 0.29) is 17.5 Å². The van der Waals surface area contributed by atoms with E-state index in [1.165, 1.54) is 23.7 Å². The van der Waals surface area contributed by atoms with Crippen molar-refractivity contribution in [2.24, 2.45) is 0 Å². The summed E-state index contributed by atoms with van der Waals surface area (Å²) in [6.45, 7) is 1.86. The van der Waals surface area contributed by atoms with Crippen LogP contribution in [-0.4, -0.2) is 31.7 Å². The largest absolute Gasteiger partial charge is 0.478 e. The second-order valence-corrected chi connectivity index (χ2v) is 9.49. The van der Waals surface area contributed by atoms with Gasteiger partial charge in [0, 0.05) is 23.2 Å². The number of carboxylic acids is 1. The third kappa shape index (κ3) is 4.75. The van der Waals surface area contributed by atoms with Gasteiger partial charge in [-0.3, -0.25) is 4.79 Å². The number of hydrogen-bond donors (Lipinski definition) is 2. The normalized spacial score (nSPS) is 12.0. The summed E-state index contributed by atoms with van der Waals surface area (Å²) in [5, 5.41) is 22.3. The Morgan fingerprint density at radius 1 is 0.949 bits per heavy atom. The zero-order chi connectivity index (χ0) is 26.9. The van der Waals surface area contributed by atoms with Gasteiger partial charge in [-0.1, -0.05) is 59.8 Å². The highest BCUT2D eigenvalue weighted by molar-refractivity contribution is 5.95. The number of fused-ring (bicyclic) bond motifs is 2. The van der Waals surface area contributed by atoms with Gasteiger partial charge in [-0.15, -0.1) is 0 Å². The number of nitrogens with one attached hydrogen (secondary N) is 1. The maximum atomic E-state index is 13.7. The Labute approximate surface area is 223 Å². The van der Waals surface area contributed by atoms with Gasteiger partial charge < -0.3 is 14.8 Å². The summed E-state index contributed by atoms with van der Waals surface area (Å²) < 4.78 is 6.76. The summed E-state index contributed by atoms with van der Waals surface area (Å²) in [5.41, 5.74) is 5.62. The number of aromatic carboxylic acids is 1. The van der Waals surface area contributed by atoms with Crippen molar-refractivity contribution in [3.63, 3.8) is 0 Å². The molecule has 0 spiro atoms. The minimum absolute atomic E-state index is 0.193. The fourth-order valence-corrected chi connectivity index (χ4v) is 4.89. The Morgan fingerprint density at radius 2 is 1.74 bits per heavy atom. The molecule has 0 unspecified atom stereocenters. The van der Waals surface area contributed by atoms with Gasteiger partial charge in [-0.05, 0) is 70.4 Å². The van der Waals surface area contributed by atoms with Gasteiger partial charge in [0.25, 0.3) is 5.91 Å². The highest BCUT2D eigenvalue weighted by Gasteiger charge is 2.19. The van der Waals surface area contributed by atoms with Crippen molar-refractivity contribution in [3.8, 4) is 11.3 Å². The van der Waals surface area contributed by atoms with Gasteiger partial charge in [0.05, 0.1) is 17.8 Å². The minimum Gasteiger partial charge on any atom is -0.478 e. The van der Waals surface area contributed by atoms with Crippen molar-refractivity contribution in [2.75, 3.05) is 0 Å². The average molecular weight is 517 g/mol. The smallest absolute Gasteiger partial charge is 0.335 e. The first-order valence-corrected chi connectivity index (χ1v) is 12.5. The van der Waals surface area contributed by atoms with Crippen LogP contribution in [0.4, 0.5) is 0 Å². The topological polar surface area (TPSA) is 110 Å². The lowest BCUT2D eigenvalue weighted by Gasteiger charge is -2.17. The van der Waals surface area contributed by atoms with Crippen molar-refractivity contribution < 1.29 is 19.3 Å². The van der Waals surface area contributed by atoms with Crippen LogP contribution in [0.5, 0.6) is 0 Å². The van der Waals surface area contributed by atoms with Crippen LogP contribution in [0.25, 0.3) is 27.5 Å².